The molecular formula is C34H37FN2O6. The number of hydrogen-bond acceptors (Lipinski definition) is 6. The van der Waals surface area contributed by atoms with E-state index < -0.39 is 0 Å². The summed E-state index contributed by atoms with van der Waals surface area (Å²) in [6, 6.07) is 11.9. The second-order valence-corrected chi connectivity index (χ2v) is 10.8. The van der Waals surface area contributed by atoms with Crippen LogP contribution in [0, 0.1) is 5.82 Å². The SMILES string of the molecule is COc1cc(/C=C2/C(C)=C(CC(=O)NCc3ccco3)c3cc(F)ccc32)cc(OC)c1OCC(=O)NC1CCCCC1. The van der Waals surface area contributed by atoms with E-state index in [0.717, 1.165) is 53.5 Å². The number of amides is 2. The first-order valence-corrected chi connectivity index (χ1v) is 14.6. The number of methoxy groups -OCH3 is 2. The highest BCUT2D eigenvalue weighted by Gasteiger charge is 2.26. The summed E-state index contributed by atoms with van der Waals surface area (Å²) in [6.45, 7) is 2.04. The van der Waals surface area contributed by atoms with Crippen LogP contribution in [0.1, 0.15) is 67.9 Å². The number of carbonyl (C=O) groups is 2. The summed E-state index contributed by atoms with van der Waals surface area (Å²) in [5.74, 6) is 1.05. The van der Waals surface area contributed by atoms with Crippen molar-refractivity contribution in [2.75, 3.05) is 20.8 Å². The Labute approximate surface area is 250 Å². The molecule has 2 aliphatic rings. The zero-order valence-electron chi connectivity index (χ0n) is 24.8. The van der Waals surface area contributed by atoms with Crippen LogP contribution >= 0.6 is 0 Å². The first-order chi connectivity index (χ1) is 20.9. The molecule has 1 fully saturated rings. The number of allylic oxidation sites excluding steroid dienone is 2. The maximum atomic E-state index is 14.4. The number of ether oxygens (including phenoxy) is 3. The van der Waals surface area contributed by atoms with Crippen molar-refractivity contribution in [2.24, 2.45) is 0 Å². The Morgan fingerprint density at radius 3 is 2.42 bits per heavy atom. The van der Waals surface area contributed by atoms with Gasteiger partial charge in [0, 0.05) is 6.04 Å². The van der Waals surface area contributed by atoms with Crippen molar-refractivity contribution in [1.29, 1.82) is 0 Å². The molecule has 2 aliphatic carbocycles. The Morgan fingerprint density at radius 1 is 1.00 bits per heavy atom. The molecule has 1 aromatic heterocycles. The third kappa shape index (κ3) is 7.10. The highest BCUT2D eigenvalue weighted by Crippen LogP contribution is 2.45. The van der Waals surface area contributed by atoms with Crippen molar-refractivity contribution in [3.05, 3.63) is 82.6 Å². The average molecular weight is 589 g/mol. The third-order valence-electron chi connectivity index (χ3n) is 7.94. The Morgan fingerprint density at radius 2 is 1.74 bits per heavy atom. The van der Waals surface area contributed by atoms with Gasteiger partial charge >= 0.3 is 0 Å². The van der Waals surface area contributed by atoms with E-state index in [-0.39, 0.29) is 43.2 Å². The van der Waals surface area contributed by atoms with Gasteiger partial charge in [-0.25, -0.2) is 4.39 Å². The highest BCUT2D eigenvalue weighted by atomic mass is 19.1. The van der Waals surface area contributed by atoms with Gasteiger partial charge in [-0.1, -0.05) is 25.3 Å². The Kier molecular flexibility index (Phi) is 9.49. The number of benzene rings is 2. The van der Waals surface area contributed by atoms with Gasteiger partial charge in [0.2, 0.25) is 11.7 Å². The average Bonchev–Trinajstić information content (AvgIpc) is 3.62. The lowest BCUT2D eigenvalue weighted by Gasteiger charge is -2.23. The number of rotatable bonds is 11. The molecule has 9 heteroatoms. The van der Waals surface area contributed by atoms with Crippen LogP contribution in [0.15, 0.2) is 58.7 Å². The smallest absolute Gasteiger partial charge is 0.258 e. The number of furan rings is 1. The predicted molar refractivity (Wildman–Crippen MR) is 162 cm³/mol. The van der Waals surface area contributed by atoms with E-state index in [2.05, 4.69) is 10.6 Å². The van der Waals surface area contributed by atoms with Gasteiger partial charge in [0.25, 0.3) is 5.91 Å². The minimum atomic E-state index is -0.376. The molecule has 0 saturated heterocycles. The van der Waals surface area contributed by atoms with Crippen molar-refractivity contribution in [3.63, 3.8) is 0 Å². The van der Waals surface area contributed by atoms with Crippen molar-refractivity contribution in [3.8, 4) is 17.2 Å². The minimum absolute atomic E-state index is 0.0860. The normalized spacial score (nSPS) is 15.8. The molecule has 5 rings (SSSR count). The molecule has 2 N–H and O–H groups in total. The lowest BCUT2D eigenvalue weighted by atomic mass is 9.95. The summed E-state index contributed by atoms with van der Waals surface area (Å²) in [6.07, 6.45) is 9.02. The molecule has 43 heavy (non-hydrogen) atoms. The molecule has 0 unspecified atom stereocenters. The molecule has 0 aliphatic heterocycles. The molecular weight excluding hydrogens is 551 g/mol. The molecule has 2 amide bonds. The molecule has 3 aromatic rings. The molecule has 1 heterocycles. The van der Waals surface area contributed by atoms with Gasteiger partial charge < -0.3 is 29.3 Å². The number of carbonyl (C=O) groups excluding carboxylic acids is 2. The Balaban J connectivity index is 1.38. The molecule has 1 saturated carbocycles. The number of halogens is 1. The first-order valence-electron chi connectivity index (χ1n) is 14.6. The number of fused-ring (bicyclic) bond motifs is 1. The van der Waals surface area contributed by atoms with Gasteiger partial charge in [-0.2, -0.15) is 0 Å². The maximum Gasteiger partial charge on any atom is 0.258 e. The lowest BCUT2D eigenvalue weighted by molar-refractivity contribution is -0.124. The van der Waals surface area contributed by atoms with E-state index >= 15 is 0 Å². The number of hydrogen-bond donors (Lipinski definition) is 2. The van der Waals surface area contributed by atoms with Crippen LogP contribution in [0.25, 0.3) is 17.2 Å². The van der Waals surface area contributed by atoms with Crippen LogP contribution in [-0.2, 0) is 16.1 Å². The minimum Gasteiger partial charge on any atom is -0.493 e. The van der Waals surface area contributed by atoms with Gasteiger partial charge in [-0.05, 0) is 95.6 Å². The monoisotopic (exact) mass is 588 g/mol. The highest BCUT2D eigenvalue weighted by molar-refractivity contribution is 6.08. The quantitative estimate of drug-likeness (QED) is 0.273. The topological polar surface area (TPSA) is 99.0 Å². The van der Waals surface area contributed by atoms with Crippen LogP contribution in [0.4, 0.5) is 4.39 Å². The third-order valence-corrected chi connectivity index (χ3v) is 7.94. The summed E-state index contributed by atoms with van der Waals surface area (Å²) in [5.41, 5.74) is 4.73. The van der Waals surface area contributed by atoms with Crippen LogP contribution in [0.2, 0.25) is 0 Å². The van der Waals surface area contributed by atoms with E-state index in [9.17, 15) is 14.0 Å². The molecule has 8 nitrogen and oxygen atoms in total. The summed E-state index contributed by atoms with van der Waals surface area (Å²) < 4.78 is 36.8. The molecule has 226 valence electrons. The van der Waals surface area contributed by atoms with Crippen molar-refractivity contribution in [1.82, 2.24) is 10.6 Å². The van der Waals surface area contributed by atoms with Crippen molar-refractivity contribution in [2.45, 2.75) is 58.0 Å². The summed E-state index contributed by atoms with van der Waals surface area (Å²) in [7, 11) is 3.05. The largest absolute Gasteiger partial charge is 0.493 e. The zero-order chi connectivity index (χ0) is 30.3. The van der Waals surface area contributed by atoms with Crippen molar-refractivity contribution < 1.29 is 32.6 Å². The summed E-state index contributed by atoms with van der Waals surface area (Å²) in [5, 5.41) is 5.92. The van der Waals surface area contributed by atoms with Crippen LogP contribution in [0.3, 0.4) is 0 Å². The standard InChI is InChI=1S/C34H37FN2O6/c1-21-27(26-12-11-23(35)17-29(26)28(21)18-32(38)36-19-25-10-7-13-42-25)14-22-15-30(40-2)34(31(16-22)41-3)43-20-33(39)37-24-8-5-4-6-9-24/h7,10-17,24H,4-6,8-9,18-20H2,1-3H3,(H,36,38)(H,37,39)/b27-14-. The molecule has 2 aromatic carbocycles. The summed E-state index contributed by atoms with van der Waals surface area (Å²) in [4.78, 5) is 25.4. The molecule has 0 radical (unpaired) electrons. The van der Waals surface area contributed by atoms with Gasteiger partial charge in [0.1, 0.15) is 11.6 Å². The van der Waals surface area contributed by atoms with Crippen LogP contribution in [0.5, 0.6) is 17.2 Å². The van der Waals surface area contributed by atoms with Crippen LogP contribution < -0.4 is 24.8 Å². The van der Waals surface area contributed by atoms with Gasteiger partial charge in [-0.15, -0.1) is 0 Å². The Hall–Kier alpha value is -4.53. The lowest BCUT2D eigenvalue weighted by Crippen LogP contribution is -2.39. The second kappa shape index (κ2) is 13.6. The summed E-state index contributed by atoms with van der Waals surface area (Å²) >= 11 is 0. The Bertz CT molecular complexity index is 1510. The van der Waals surface area contributed by atoms with E-state index in [4.69, 9.17) is 18.6 Å². The van der Waals surface area contributed by atoms with E-state index in [0.29, 0.717) is 28.6 Å². The first kappa shape index (κ1) is 29.9. The number of nitrogens with one attached hydrogen (secondary N) is 2. The van der Waals surface area contributed by atoms with E-state index in [1.807, 2.05) is 13.0 Å². The maximum absolute atomic E-state index is 14.4. The fourth-order valence-corrected chi connectivity index (χ4v) is 5.75. The molecule has 0 bridgehead atoms. The fourth-order valence-electron chi connectivity index (χ4n) is 5.75. The zero-order valence-corrected chi connectivity index (χ0v) is 24.8. The van der Waals surface area contributed by atoms with Crippen LogP contribution in [-0.4, -0.2) is 38.7 Å². The van der Waals surface area contributed by atoms with Crippen molar-refractivity contribution >= 4 is 29.0 Å². The second-order valence-electron chi connectivity index (χ2n) is 10.8. The van der Waals surface area contributed by atoms with Gasteiger partial charge in [0.15, 0.2) is 18.1 Å². The van der Waals surface area contributed by atoms with Gasteiger partial charge in [-0.3, -0.25) is 9.59 Å². The molecule has 0 atom stereocenters. The van der Waals surface area contributed by atoms with E-state index in [1.165, 1.54) is 32.8 Å². The molecule has 0 spiro atoms. The van der Waals surface area contributed by atoms with Gasteiger partial charge in [0.05, 0.1) is 33.4 Å². The predicted octanol–water partition coefficient (Wildman–Crippen LogP) is 6.30. The fraction of sp³-hybridized carbons (Fsp3) is 0.353. The van der Waals surface area contributed by atoms with E-state index in [1.54, 1.807) is 36.6 Å².